The molecule has 0 N–H and O–H groups in total. The lowest BCUT2D eigenvalue weighted by Crippen LogP contribution is -1.85. The van der Waals surface area contributed by atoms with E-state index in [1.165, 1.54) is 226 Å². The highest BCUT2D eigenvalue weighted by Crippen LogP contribution is 2.42. The lowest BCUT2D eigenvalue weighted by atomic mass is 9.90. The van der Waals surface area contributed by atoms with Crippen LogP contribution in [0.15, 0.2) is 522 Å². The summed E-state index contributed by atoms with van der Waals surface area (Å²) in [6.07, 6.45) is 0. The van der Waals surface area contributed by atoms with Crippen LogP contribution in [0.2, 0.25) is 0 Å². The van der Waals surface area contributed by atoms with E-state index in [4.69, 9.17) is 0 Å². The van der Waals surface area contributed by atoms with Crippen LogP contribution in [0.3, 0.4) is 0 Å². The molecule has 29 aromatic rings. The van der Waals surface area contributed by atoms with Crippen LogP contribution in [0, 0.1) is 0 Å². The topological polar surface area (TPSA) is 0 Å². The molecule has 130 heavy (non-hydrogen) atoms. The van der Waals surface area contributed by atoms with Crippen molar-refractivity contribution in [2.75, 3.05) is 0 Å². The Kier molecular flexibility index (Phi) is 22.6. The summed E-state index contributed by atoms with van der Waals surface area (Å²) in [5, 5.41) is 56.0. The molecule has 0 atom stereocenters. The molecule has 0 saturated carbocycles. The fourth-order valence-electron chi connectivity index (χ4n) is 19.4. The van der Waals surface area contributed by atoms with Gasteiger partial charge in [-0.15, -0.1) is 0 Å². The quantitative estimate of drug-likeness (QED) is 0.105. The first kappa shape index (κ1) is 80.5. The second-order valence-corrected chi connectivity index (χ2v) is 33.2. The average molecular weight is 1650 g/mol. The molecule has 29 rings (SSSR count). The van der Waals surface area contributed by atoms with Gasteiger partial charge < -0.3 is 0 Å². The Morgan fingerprint density at radius 1 is 0.0769 bits per heavy atom. The maximum Gasteiger partial charge on any atom is -0.00264 e. The Balaban J connectivity index is 0.0000000904. The molecule has 0 fully saturated rings. The fraction of sp³-hybridized carbons (Fsp3) is 0.0154. The minimum atomic E-state index is 1.31. The van der Waals surface area contributed by atoms with Crippen molar-refractivity contribution in [1.29, 1.82) is 0 Å². The first-order chi connectivity index (χ1) is 64.5. The highest BCUT2D eigenvalue weighted by atomic mass is 14.2. The van der Waals surface area contributed by atoms with E-state index < -0.39 is 0 Å². The maximum atomic E-state index is 2.30. The zero-order valence-electron chi connectivity index (χ0n) is 72.7. The zero-order valence-corrected chi connectivity index (χ0v) is 72.7. The SMILES string of the molecule is CC.c1cc2ccc3cccc4ccc(c1)c2c34.c1cc2cccc3c4cccc5cccc(c(c1)c23)c54.c1ccc2c(c1)ccc1c3ccccc3ccc21.c1ccc2c(c1)ccc1ccc3ccccc3c12.c1ccc2cc3c(ccc4ccccc43)cc2c1.c1ccc2cc3cc4ccccc4cc3cc2c1.c1ccc2ccccc2c1.c1ccc2ccccc2c1. The van der Waals surface area contributed by atoms with E-state index in [9.17, 15) is 0 Å². The third-order valence-electron chi connectivity index (χ3n) is 25.6. The van der Waals surface area contributed by atoms with Crippen LogP contribution in [-0.4, -0.2) is 0 Å². The first-order valence-corrected chi connectivity index (χ1v) is 45.2. The summed E-state index contributed by atoms with van der Waals surface area (Å²) in [7, 11) is 0. The van der Waals surface area contributed by atoms with E-state index in [0.29, 0.717) is 0 Å². The van der Waals surface area contributed by atoms with Gasteiger partial charge in [0, 0.05) is 0 Å². The van der Waals surface area contributed by atoms with Gasteiger partial charge in [-0.25, -0.2) is 0 Å². The van der Waals surface area contributed by atoms with Crippen LogP contribution in [0.1, 0.15) is 13.8 Å². The van der Waals surface area contributed by atoms with Crippen molar-refractivity contribution >= 4 is 226 Å². The normalized spacial score (nSPS) is 11.2. The molecule has 0 aliphatic carbocycles. The van der Waals surface area contributed by atoms with Crippen molar-refractivity contribution in [1.82, 2.24) is 0 Å². The van der Waals surface area contributed by atoms with Gasteiger partial charge in [-0.3, -0.25) is 0 Å². The summed E-state index contributed by atoms with van der Waals surface area (Å²) in [5.74, 6) is 0. The fourth-order valence-corrected chi connectivity index (χ4v) is 19.4. The van der Waals surface area contributed by atoms with Crippen molar-refractivity contribution in [2.24, 2.45) is 0 Å². The van der Waals surface area contributed by atoms with Crippen LogP contribution in [0.25, 0.3) is 226 Å². The van der Waals surface area contributed by atoms with Crippen LogP contribution in [0.5, 0.6) is 0 Å². The van der Waals surface area contributed by atoms with Gasteiger partial charge in [0.15, 0.2) is 0 Å². The van der Waals surface area contributed by atoms with Crippen molar-refractivity contribution in [3.63, 3.8) is 0 Å². The van der Waals surface area contributed by atoms with E-state index in [1.807, 2.05) is 13.8 Å². The smallest absolute Gasteiger partial charge is 0.00264 e. The van der Waals surface area contributed by atoms with Crippen molar-refractivity contribution in [3.8, 4) is 0 Å². The Morgan fingerprint density at radius 3 is 0.531 bits per heavy atom. The van der Waals surface area contributed by atoms with Crippen LogP contribution < -0.4 is 0 Å². The molecule has 612 valence electrons. The number of rotatable bonds is 0. The molecule has 29 aromatic carbocycles. The Labute approximate surface area is 756 Å². The van der Waals surface area contributed by atoms with Gasteiger partial charge >= 0.3 is 0 Å². The third kappa shape index (κ3) is 16.1. The van der Waals surface area contributed by atoms with Gasteiger partial charge in [-0.2, -0.15) is 0 Å². The molecule has 0 heteroatoms. The summed E-state index contributed by atoms with van der Waals surface area (Å²) in [6, 6.07) is 186. The molecule has 0 unspecified atom stereocenters. The molecule has 0 bridgehead atoms. The summed E-state index contributed by atoms with van der Waals surface area (Å²) in [4.78, 5) is 0. The molecule has 0 heterocycles. The molecular formula is C130H92. The molecule has 0 radical (unpaired) electrons. The van der Waals surface area contributed by atoms with E-state index in [-0.39, 0.29) is 0 Å². The second-order valence-electron chi connectivity index (χ2n) is 33.2. The molecule has 0 aliphatic heterocycles. The van der Waals surface area contributed by atoms with Gasteiger partial charge in [0.2, 0.25) is 0 Å². The molecule has 0 amide bonds. The van der Waals surface area contributed by atoms with Crippen LogP contribution in [0.4, 0.5) is 0 Å². The highest BCUT2D eigenvalue weighted by Gasteiger charge is 2.14. The molecule has 0 nitrogen and oxygen atoms in total. The lowest BCUT2D eigenvalue weighted by Gasteiger charge is -2.13. The summed E-state index contributed by atoms with van der Waals surface area (Å²) < 4.78 is 0. The largest absolute Gasteiger partial charge is 0.0683 e. The Morgan fingerprint density at radius 2 is 0.238 bits per heavy atom. The van der Waals surface area contributed by atoms with Gasteiger partial charge in [0.1, 0.15) is 0 Å². The summed E-state index contributed by atoms with van der Waals surface area (Å²) in [5.41, 5.74) is 0. The number of benzene rings is 29. The van der Waals surface area contributed by atoms with Crippen molar-refractivity contribution < 1.29 is 0 Å². The molecule has 0 aliphatic rings. The Hall–Kier alpha value is -16.6. The number of hydrogen-bond donors (Lipinski definition) is 0. The van der Waals surface area contributed by atoms with Gasteiger partial charge in [0.25, 0.3) is 0 Å². The standard InChI is InChI=1S/C20H12.4C18H12.C16H10.2C10H8.C2H6/c1-5-13-6-2-11-17-18-12-4-8-14-7-3-10-16(20(14)18)15(9-1)19(13)17;1-3-7-16-13(5-1)9-11-15-12-10-14-6-2-4-8-17(14)18(15)16;1-3-7-15-13(5-1)9-11-18-16-8-4-2-6-14(16)10-12-17(15)18;1-2-7-15-12-18-16(11-14(15)6-1)10-9-13-5-3-4-8-17(13)18;1-2-6-14-10-18-12-16-8-4-3-7-15(16)11-17(18)9-13(14)5-1;1-3-11-7-9-13-5-2-6-14-10-8-12(4-1)15(11)16(13)14;2*1-2-6-10-8-4-3-7-9(10)5-1;1-2/h1-12H;4*1-12H;1-10H;2*1-8H;1-2H3. The molecule has 0 spiro atoms. The van der Waals surface area contributed by atoms with E-state index in [0.717, 1.165) is 0 Å². The van der Waals surface area contributed by atoms with Gasteiger partial charge in [-0.1, -0.05) is 499 Å². The van der Waals surface area contributed by atoms with Gasteiger partial charge in [0.05, 0.1) is 0 Å². The third-order valence-corrected chi connectivity index (χ3v) is 25.6. The van der Waals surface area contributed by atoms with Gasteiger partial charge in [-0.05, 0) is 263 Å². The first-order valence-electron chi connectivity index (χ1n) is 45.2. The zero-order chi connectivity index (χ0) is 87.1. The maximum absolute atomic E-state index is 2.30. The number of fused-ring (bicyclic) bond motifs is 21. The van der Waals surface area contributed by atoms with Crippen molar-refractivity contribution in [2.45, 2.75) is 13.8 Å². The van der Waals surface area contributed by atoms with E-state index in [2.05, 4.69) is 522 Å². The van der Waals surface area contributed by atoms with E-state index in [1.54, 1.807) is 0 Å². The average Bonchev–Trinajstić information content (AvgIpc) is 0.729. The monoisotopic (exact) mass is 1650 g/mol. The van der Waals surface area contributed by atoms with Crippen LogP contribution in [-0.2, 0) is 0 Å². The second kappa shape index (κ2) is 36.5. The summed E-state index contributed by atoms with van der Waals surface area (Å²) in [6.45, 7) is 4.00. The van der Waals surface area contributed by atoms with Crippen LogP contribution >= 0.6 is 0 Å². The highest BCUT2D eigenvalue weighted by molar-refractivity contribution is 6.33. The minimum Gasteiger partial charge on any atom is -0.0683 e. The predicted octanol–water partition coefficient (Wildman–Crippen LogP) is 37.6. The molecule has 0 aromatic heterocycles. The molecule has 0 saturated heterocycles. The number of hydrogen-bond acceptors (Lipinski definition) is 0. The molecular weight excluding hydrogens is 1560 g/mol. The van der Waals surface area contributed by atoms with Crippen molar-refractivity contribution in [3.05, 3.63) is 522 Å². The predicted molar refractivity (Wildman–Crippen MR) is 573 cm³/mol. The lowest BCUT2D eigenvalue weighted by molar-refractivity contribution is 1.50. The van der Waals surface area contributed by atoms with E-state index >= 15 is 0 Å². The summed E-state index contributed by atoms with van der Waals surface area (Å²) >= 11 is 0. The Bertz CT molecular complexity index is 8260. The minimum absolute atomic E-state index is 1.31.